The van der Waals surface area contributed by atoms with Gasteiger partial charge in [-0.05, 0) is 48.6 Å². The van der Waals surface area contributed by atoms with Crippen LogP contribution in [0.1, 0.15) is 63.1 Å². The van der Waals surface area contributed by atoms with Crippen molar-refractivity contribution in [2.75, 3.05) is 6.61 Å². The third-order valence-electron chi connectivity index (χ3n) is 6.27. The number of carbonyl (C=O) groups is 2. The topological polar surface area (TPSA) is 66.8 Å². The highest BCUT2D eigenvalue weighted by Gasteiger charge is 2.48. The van der Waals surface area contributed by atoms with E-state index < -0.39 is 17.7 Å². The van der Waals surface area contributed by atoms with Gasteiger partial charge in [0.15, 0.2) is 0 Å². The van der Waals surface area contributed by atoms with E-state index in [4.69, 9.17) is 4.74 Å². The second-order valence-corrected chi connectivity index (χ2v) is 9.14. The number of aliphatic hydroxyl groups excluding tert-OH is 1. The molecule has 1 aliphatic heterocycles. The van der Waals surface area contributed by atoms with Crippen molar-refractivity contribution in [3.8, 4) is 5.75 Å². The summed E-state index contributed by atoms with van der Waals surface area (Å²) in [7, 11) is 0. The minimum Gasteiger partial charge on any atom is -0.507 e. The summed E-state index contributed by atoms with van der Waals surface area (Å²) in [5.41, 5.74) is 1.52. The van der Waals surface area contributed by atoms with Crippen LogP contribution < -0.4 is 4.74 Å². The van der Waals surface area contributed by atoms with Gasteiger partial charge in [0, 0.05) is 11.6 Å². The van der Waals surface area contributed by atoms with Gasteiger partial charge in [-0.15, -0.1) is 0 Å². The Morgan fingerprint density at radius 3 is 2.28 bits per heavy atom. The Labute approximate surface area is 189 Å². The number of Topliss-reactive ketones (excluding diaryl/α,β-unsaturated/α-hetero) is 1. The quantitative estimate of drug-likeness (QED) is 0.372. The number of amides is 1. The van der Waals surface area contributed by atoms with Crippen LogP contribution in [0.15, 0.2) is 60.2 Å². The average Bonchev–Trinajstić information content (AvgIpc) is 3.09. The van der Waals surface area contributed by atoms with Crippen LogP contribution in [0.5, 0.6) is 5.75 Å². The molecule has 5 heteroatoms. The van der Waals surface area contributed by atoms with Gasteiger partial charge >= 0.3 is 0 Å². The summed E-state index contributed by atoms with van der Waals surface area (Å²) >= 11 is 0. The molecule has 5 nitrogen and oxygen atoms in total. The van der Waals surface area contributed by atoms with Crippen molar-refractivity contribution in [2.45, 2.75) is 58.0 Å². The van der Waals surface area contributed by atoms with E-state index in [1.165, 1.54) is 0 Å². The molecule has 0 spiro atoms. The molecule has 0 aromatic heterocycles. The number of nitrogens with zero attached hydrogens (tertiary/aromatic N) is 1. The summed E-state index contributed by atoms with van der Waals surface area (Å²) in [5, 5.41) is 11.2. The van der Waals surface area contributed by atoms with Gasteiger partial charge < -0.3 is 14.7 Å². The summed E-state index contributed by atoms with van der Waals surface area (Å²) < 4.78 is 5.73. The predicted molar refractivity (Wildman–Crippen MR) is 124 cm³/mol. The molecule has 1 amide bonds. The molecule has 2 aromatic carbocycles. The van der Waals surface area contributed by atoms with Crippen molar-refractivity contribution in [3.05, 3.63) is 71.3 Å². The van der Waals surface area contributed by atoms with E-state index in [1.807, 2.05) is 30.3 Å². The normalized spacial score (nSPS) is 21.3. The van der Waals surface area contributed by atoms with E-state index in [1.54, 1.807) is 29.2 Å². The molecule has 2 aliphatic rings. The molecule has 0 bridgehead atoms. The lowest BCUT2D eigenvalue weighted by atomic mass is 9.91. The Morgan fingerprint density at radius 2 is 1.66 bits per heavy atom. The number of benzene rings is 2. The van der Waals surface area contributed by atoms with Crippen LogP contribution in [0.25, 0.3) is 5.76 Å². The van der Waals surface area contributed by atoms with E-state index in [0.717, 1.165) is 37.7 Å². The lowest BCUT2D eigenvalue weighted by Crippen LogP contribution is -2.40. The Morgan fingerprint density at radius 1 is 1.00 bits per heavy atom. The second-order valence-electron chi connectivity index (χ2n) is 9.14. The maximum Gasteiger partial charge on any atom is 0.295 e. The third-order valence-corrected chi connectivity index (χ3v) is 6.27. The highest BCUT2D eigenvalue weighted by atomic mass is 16.5. The number of hydrogen-bond acceptors (Lipinski definition) is 4. The van der Waals surface area contributed by atoms with Crippen LogP contribution in [0.4, 0.5) is 0 Å². The predicted octanol–water partition coefficient (Wildman–Crippen LogP) is 5.48. The fraction of sp³-hybridized carbons (Fsp3) is 0.407. The zero-order valence-corrected chi connectivity index (χ0v) is 18.8. The first-order chi connectivity index (χ1) is 15.5. The van der Waals surface area contributed by atoms with Gasteiger partial charge in [-0.25, -0.2) is 0 Å². The van der Waals surface area contributed by atoms with E-state index in [-0.39, 0.29) is 17.4 Å². The van der Waals surface area contributed by atoms with Gasteiger partial charge in [0.05, 0.1) is 18.2 Å². The van der Waals surface area contributed by atoms with Gasteiger partial charge in [0.2, 0.25) is 0 Å². The van der Waals surface area contributed by atoms with Crippen molar-refractivity contribution in [3.63, 3.8) is 0 Å². The molecule has 1 aliphatic carbocycles. The summed E-state index contributed by atoms with van der Waals surface area (Å²) in [6, 6.07) is 16.0. The Bertz CT molecular complexity index is 988. The van der Waals surface area contributed by atoms with Crippen molar-refractivity contribution < 1.29 is 19.4 Å². The number of rotatable bonds is 6. The van der Waals surface area contributed by atoms with Crippen LogP contribution in [0.3, 0.4) is 0 Å². The van der Waals surface area contributed by atoms with Crippen molar-refractivity contribution in [1.29, 1.82) is 0 Å². The molecule has 1 N–H and O–H groups in total. The first kappa shape index (κ1) is 22.1. The minimum atomic E-state index is -0.609. The van der Waals surface area contributed by atoms with Gasteiger partial charge in [-0.2, -0.15) is 0 Å². The number of ketones is 1. The standard InChI is InChI=1S/C27H31NO4/c1-18(2)17-32-22-15-13-20(14-16-22)25(29)23-24(19-9-5-3-6-10-19)28(27(31)26(23)30)21-11-7-4-8-12-21/h3,5-6,9-10,13-16,18,21,24,29H,4,7-8,11-12,17H2,1-2H3/b25-23-. The van der Waals surface area contributed by atoms with Gasteiger partial charge in [-0.3, -0.25) is 9.59 Å². The fourth-order valence-electron chi connectivity index (χ4n) is 4.68. The largest absolute Gasteiger partial charge is 0.507 e. The van der Waals surface area contributed by atoms with E-state index in [9.17, 15) is 14.7 Å². The molecular formula is C27H31NO4. The Balaban J connectivity index is 1.73. The number of ether oxygens (including phenoxy) is 1. The van der Waals surface area contributed by atoms with E-state index in [2.05, 4.69) is 13.8 Å². The average molecular weight is 434 g/mol. The second kappa shape index (κ2) is 9.60. The van der Waals surface area contributed by atoms with Crippen LogP contribution in [0, 0.1) is 5.92 Å². The number of likely N-dealkylation sites (tertiary alicyclic amines) is 1. The molecule has 2 aromatic rings. The lowest BCUT2D eigenvalue weighted by Gasteiger charge is -2.35. The maximum absolute atomic E-state index is 13.2. The highest BCUT2D eigenvalue weighted by molar-refractivity contribution is 6.46. The van der Waals surface area contributed by atoms with Crippen LogP contribution in [0.2, 0.25) is 0 Å². The number of aliphatic hydroxyl groups is 1. The zero-order chi connectivity index (χ0) is 22.7. The fourth-order valence-corrected chi connectivity index (χ4v) is 4.68. The van der Waals surface area contributed by atoms with Crippen LogP contribution >= 0.6 is 0 Å². The Hall–Kier alpha value is -3.08. The molecule has 1 unspecified atom stereocenters. The molecule has 1 atom stereocenters. The molecule has 32 heavy (non-hydrogen) atoms. The van der Waals surface area contributed by atoms with Crippen LogP contribution in [-0.2, 0) is 9.59 Å². The first-order valence-electron chi connectivity index (χ1n) is 11.6. The monoisotopic (exact) mass is 433 g/mol. The van der Waals surface area contributed by atoms with Gasteiger partial charge in [0.25, 0.3) is 11.7 Å². The molecule has 168 valence electrons. The smallest absolute Gasteiger partial charge is 0.295 e. The van der Waals surface area contributed by atoms with Crippen molar-refractivity contribution in [1.82, 2.24) is 4.90 Å². The number of hydrogen-bond donors (Lipinski definition) is 1. The number of carbonyl (C=O) groups excluding carboxylic acids is 2. The van der Waals surface area contributed by atoms with Gasteiger partial charge in [-0.1, -0.05) is 63.4 Å². The van der Waals surface area contributed by atoms with Crippen LogP contribution in [-0.4, -0.2) is 34.3 Å². The zero-order valence-electron chi connectivity index (χ0n) is 18.8. The molecule has 4 rings (SSSR count). The molecule has 0 radical (unpaired) electrons. The summed E-state index contributed by atoms with van der Waals surface area (Å²) in [6.45, 7) is 4.76. The summed E-state index contributed by atoms with van der Waals surface area (Å²) in [4.78, 5) is 28.0. The Kier molecular flexibility index (Phi) is 6.63. The summed E-state index contributed by atoms with van der Waals surface area (Å²) in [6.07, 6.45) is 5.03. The highest BCUT2D eigenvalue weighted by Crippen LogP contribution is 2.43. The molecule has 1 heterocycles. The maximum atomic E-state index is 13.2. The first-order valence-corrected chi connectivity index (χ1v) is 11.6. The van der Waals surface area contributed by atoms with Crippen molar-refractivity contribution >= 4 is 17.4 Å². The molecule has 1 saturated heterocycles. The lowest BCUT2D eigenvalue weighted by molar-refractivity contribution is -0.141. The van der Waals surface area contributed by atoms with E-state index >= 15 is 0 Å². The van der Waals surface area contributed by atoms with Crippen molar-refractivity contribution in [2.24, 2.45) is 5.92 Å². The minimum absolute atomic E-state index is 0.0162. The summed E-state index contributed by atoms with van der Waals surface area (Å²) in [5.74, 6) is -0.139. The SMILES string of the molecule is CC(C)COc1ccc(/C(O)=C2/C(=O)C(=O)N(C3CCCCC3)C2c2ccccc2)cc1. The van der Waals surface area contributed by atoms with Gasteiger partial charge in [0.1, 0.15) is 11.5 Å². The molecule has 1 saturated carbocycles. The molecule has 2 fully saturated rings. The third kappa shape index (κ3) is 4.43. The van der Waals surface area contributed by atoms with E-state index in [0.29, 0.717) is 23.8 Å². The molecular weight excluding hydrogens is 402 g/mol.